The molecule has 4 saturated carbocycles. The van der Waals surface area contributed by atoms with Crippen LogP contribution >= 0.6 is 0 Å². The third kappa shape index (κ3) is 7.73. The van der Waals surface area contributed by atoms with E-state index in [1.165, 1.54) is 62.4 Å². The summed E-state index contributed by atoms with van der Waals surface area (Å²) >= 11 is 0. The molecule has 1 unspecified atom stereocenters. The molecule has 12 nitrogen and oxygen atoms in total. The molecule has 5 heterocycles. The largest absolute Gasteiger partial charge is 0.453 e. The van der Waals surface area contributed by atoms with Gasteiger partial charge in [-0.05, 0) is 165 Å². The number of carbonyl (C=O) groups is 3. The Morgan fingerprint density at radius 2 is 1.24 bits per heavy atom. The second-order valence-corrected chi connectivity index (χ2v) is 21.9. The van der Waals surface area contributed by atoms with Crippen LogP contribution < -0.4 is 10.2 Å². The zero-order valence-corrected chi connectivity index (χ0v) is 39.5. The Labute approximate surface area is 389 Å². The van der Waals surface area contributed by atoms with Gasteiger partial charge in [0.15, 0.2) is 0 Å². The normalized spacial score (nSPS) is 28.7. The second kappa shape index (κ2) is 17.0. The van der Waals surface area contributed by atoms with Crippen LogP contribution in [0.25, 0.3) is 22.1 Å². The van der Waals surface area contributed by atoms with E-state index >= 15 is 0 Å². The van der Waals surface area contributed by atoms with Crippen molar-refractivity contribution >= 4 is 45.7 Å². The lowest BCUT2D eigenvalue weighted by Crippen LogP contribution is -2.51. The molecule has 12 rings (SSSR count). The van der Waals surface area contributed by atoms with E-state index in [2.05, 4.69) is 94.7 Å². The van der Waals surface area contributed by atoms with E-state index in [9.17, 15) is 14.4 Å². The smallest absolute Gasteiger partial charge is 0.407 e. The van der Waals surface area contributed by atoms with E-state index in [1.807, 2.05) is 23.6 Å². The van der Waals surface area contributed by atoms with Crippen molar-refractivity contribution in [2.75, 3.05) is 25.1 Å². The number of carbonyl (C=O) groups excluding carboxylic acids is 3. The number of rotatable bonds is 11. The lowest BCUT2D eigenvalue weighted by Gasteiger charge is -2.57. The molecule has 3 aliphatic heterocycles. The molecule has 3 aromatic carbocycles. The van der Waals surface area contributed by atoms with E-state index in [1.54, 1.807) is 5.56 Å². The molecule has 5 atom stereocenters. The Balaban J connectivity index is 0.909. The van der Waals surface area contributed by atoms with Crippen LogP contribution in [-0.4, -0.2) is 73.9 Å². The number of imidazole rings is 2. The first-order valence-electron chi connectivity index (χ1n) is 25.3. The monoisotopic (exact) mass is 893 g/mol. The van der Waals surface area contributed by atoms with Crippen LogP contribution in [0.5, 0.6) is 0 Å². The molecule has 4 aliphatic carbocycles. The van der Waals surface area contributed by atoms with Gasteiger partial charge in [-0.15, -0.1) is 0 Å². The minimum absolute atomic E-state index is 0.0115. The zero-order valence-electron chi connectivity index (χ0n) is 39.5. The first-order chi connectivity index (χ1) is 31.9. The van der Waals surface area contributed by atoms with Crippen molar-refractivity contribution in [3.63, 3.8) is 0 Å². The molecule has 3 amide bonds. The fourth-order valence-corrected chi connectivity index (χ4v) is 14.1. The quantitative estimate of drug-likeness (QED) is 0.120. The number of hydrogen-bond acceptors (Lipinski definition) is 7. The van der Waals surface area contributed by atoms with Gasteiger partial charge < -0.3 is 34.7 Å². The molecular formula is C54H68N8O4. The molecule has 2 aromatic heterocycles. The maximum absolute atomic E-state index is 14.0. The van der Waals surface area contributed by atoms with E-state index in [0.29, 0.717) is 24.3 Å². The fraction of sp³-hybridized carbons (Fsp3) is 0.574. The van der Waals surface area contributed by atoms with Crippen molar-refractivity contribution in [3.8, 4) is 0 Å². The number of fused-ring (bicyclic) bond motifs is 2. The molecule has 12 heteroatoms. The lowest BCUT2D eigenvalue weighted by molar-refractivity contribution is -0.135. The molecule has 7 aliphatic rings. The number of H-pyrrole nitrogens is 2. The Hall–Kier alpha value is -5.39. The summed E-state index contributed by atoms with van der Waals surface area (Å²) in [6, 6.07) is 22.6. The van der Waals surface area contributed by atoms with Gasteiger partial charge in [0.1, 0.15) is 17.7 Å². The molecule has 4 bridgehead atoms. The third-order valence-corrected chi connectivity index (χ3v) is 16.7. The highest BCUT2D eigenvalue weighted by atomic mass is 16.5. The molecule has 348 valence electrons. The summed E-state index contributed by atoms with van der Waals surface area (Å²) in [5.74, 6) is 4.71. The number of hydrogen-bond donors (Lipinski definition) is 3. The van der Waals surface area contributed by atoms with Gasteiger partial charge >= 0.3 is 6.09 Å². The molecule has 0 radical (unpaired) electrons. The van der Waals surface area contributed by atoms with Crippen LogP contribution in [-0.2, 0) is 19.7 Å². The molecule has 5 aromatic rings. The molecular weight excluding hydrogens is 825 g/mol. The Morgan fingerprint density at radius 1 is 0.712 bits per heavy atom. The van der Waals surface area contributed by atoms with Crippen LogP contribution in [0.1, 0.15) is 164 Å². The van der Waals surface area contributed by atoms with Crippen molar-refractivity contribution in [3.05, 3.63) is 89.0 Å². The standard InChI is InChI=1S/C54H68N8O4/c1-31(2)22-48(63)60-20-6-8-46(60)50-55-40-16-10-36(26-42(40)57-50)44-18-19-45(62(44)39-14-12-38(13-15-39)54-28-33-23-34(29-54)25-35(24-33)30-54)37-11-17-41-43(27-37)58-51(56-41)47-9-7-21-61(47)52(64)49(32(3)4)59-53(65)66-5/h10-17,26-27,31-35,44-47,49H,6-9,18-25,28-30H2,1-5H3,(H,55,57)(H,56,58)(H,59,65)/t33?,34?,35?,44?,45-,46+,47+,49+,54?/m1/s1. The maximum Gasteiger partial charge on any atom is 0.407 e. The molecule has 0 spiro atoms. The summed E-state index contributed by atoms with van der Waals surface area (Å²) in [6.07, 6.45) is 13.9. The van der Waals surface area contributed by atoms with Crippen molar-refractivity contribution in [1.29, 1.82) is 0 Å². The van der Waals surface area contributed by atoms with E-state index in [4.69, 9.17) is 14.7 Å². The number of aromatic nitrogens is 4. The third-order valence-electron chi connectivity index (χ3n) is 16.7. The summed E-state index contributed by atoms with van der Waals surface area (Å²) in [5.41, 5.74) is 9.46. The number of nitrogens with zero attached hydrogens (tertiary/aromatic N) is 5. The number of benzene rings is 3. The van der Waals surface area contributed by atoms with Gasteiger partial charge in [0.2, 0.25) is 11.8 Å². The Kier molecular flexibility index (Phi) is 11.2. The summed E-state index contributed by atoms with van der Waals surface area (Å²) in [6.45, 7) is 9.50. The maximum atomic E-state index is 14.0. The number of likely N-dealkylation sites (tertiary alicyclic amines) is 2. The predicted molar refractivity (Wildman–Crippen MR) is 257 cm³/mol. The minimum atomic E-state index is -0.684. The topological polar surface area (TPSA) is 140 Å². The molecule has 3 N–H and O–H groups in total. The average Bonchev–Trinajstić information content (AvgIpc) is 4.15. The molecule has 3 saturated heterocycles. The van der Waals surface area contributed by atoms with Gasteiger partial charge in [-0.25, -0.2) is 14.8 Å². The highest BCUT2D eigenvalue weighted by Gasteiger charge is 2.51. The van der Waals surface area contributed by atoms with Gasteiger partial charge in [0, 0.05) is 25.2 Å². The minimum Gasteiger partial charge on any atom is -0.453 e. The average molecular weight is 893 g/mol. The van der Waals surface area contributed by atoms with Gasteiger partial charge in [0.25, 0.3) is 0 Å². The van der Waals surface area contributed by atoms with Gasteiger partial charge in [-0.3, -0.25) is 9.59 Å². The van der Waals surface area contributed by atoms with Gasteiger partial charge in [-0.2, -0.15) is 0 Å². The number of alkyl carbamates (subject to hydrolysis) is 1. The number of ether oxygens (including phenoxy) is 1. The van der Waals surface area contributed by atoms with E-state index in [-0.39, 0.29) is 41.9 Å². The second-order valence-electron chi connectivity index (χ2n) is 21.9. The number of nitrogens with one attached hydrogen (secondary N) is 3. The SMILES string of the molecule is COC(=O)N[C@H](C(=O)N1CCC[C@H]1c1nc2ccc([C@H]3CCC(c4ccc5nc([C@@H]6CCCN6C(=O)CC(C)C)[nH]c5c4)N3c3ccc(C45CC6CC(CC(C6)C4)C5)cc3)cc2[nH]1)C(C)C. The molecule has 7 fully saturated rings. The van der Waals surface area contributed by atoms with Crippen LogP contribution in [0.2, 0.25) is 0 Å². The van der Waals surface area contributed by atoms with Crippen molar-refractivity contribution < 1.29 is 19.1 Å². The number of aromatic amines is 2. The van der Waals surface area contributed by atoms with Crippen LogP contribution in [0.3, 0.4) is 0 Å². The van der Waals surface area contributed by atoms with E-state index < -0.39 is 12.1 Å². The number of anilines is 1. The van der Waals surface area contributed by atoms with Crippen molar-refractivity contribution in [1.82, 2.24) is 35.1 Å². The number of amides is 3. The summed E-state index contributed by atoms with van der Waals surface area (Å²) < 4.78 is 4.86. The Bertz CT molecular complexity index is 2600. The van der Waals surface area contributed by atoms with Crippen molar-refractivity contribution in [2.24, 2.45) is 29.6 Å². The van der Waals surface area contributed by atoms with Crippen LogP contribution in [0, 0.1) is 29.6 Å². The van der Waals surface area contributed by atoms with Gasteiger partial charge in [-0.1, -0.05) is 52.0 Å². The van der Waals surface area contributed by atoms with Crippen LogP contribution in [0.4, 0.5) is 10.5 Å². The van der Waals surface area contributed by atoms with Crippen molar-refractivity contribution in [2.45, 2.75) is 147 Å². The fourth-order valence-electron chi connectivity index (χ4n) is 14.1. The first kappa shape index (κ1) is 43.2. The lowest BCUT2D eigenvalue weighted by atomic mass is 9.48. The highest BCUT2D eigenvalue weighted by molar-refractivity contribution is 5.87. The Morgan fingerprint density at radius 3 is 1.76 bits per heavy atom. The predicted octanol–water partition coefficient (Wildman–Crippen LogP) is 10.7. The van der Waals surface area contributed by atoms with Crippen LogP contribution in [0.15, 0.2) is 60.7 Å². The van der Waals surface area contributed by atoms with E-state index in [0.717, 1.165) is 96.5 Å². The number of methoxy groups -OCH3 is 1. The highest BCUT2D eigenvalue weighted by Crippen LogP contribution is 2.61. The van der Waals surface area contributed by atoms with Gasteiger partial charge in [0.05, 0.1) is 53.3 Å². The zero-order chi connectivity index (χ0) is 45.4. The summed E-state index contributed by atoms with van der Waals surface area (Å²) in [7, 11) is 1.32. The summed E-state index contributed by atoms with van der Waals surface area (Å²) in [5, 5.41) is 2.77. The first-order valence-corrected chi connectivity index (χ1v) is 25.3. The molecule has 66 heavy (non-hydrogen) atoms. The summed E-state index contributed by atoms with van der Waals surface area (Å²) in [4.78, 5) is 63.6.